The number of amides is 2. The van der Waals surface area contributed by atoms with Crippen molar-refractivity contribution in [2.75, 3.05) is 16.9 Å². The Labute approximate surface area is 285 Å². The highest BCUT2D eigenvalue weighted by Gasteiger charge is 2.19. The summed E-state index contributed by atoms with van der Waals surface area (Å²) in [6.07, 6.45) is 3.50. The molecule has 0 unspecified atom stereocenters. The van der Waals surface area contributed by atoms with Crippen LogP contribution >= 0.6 is 23.2 Å². The van der Waals surface area contributed by atoms with Crippen molar-refractivity contribution in [2.24, 2.45) is 16.0 Å². The Morgan fingerprint density at radius 2 is 1.79 bits per heavy atom. The van der Waals surface area contributed by atoms with E-state index in [1.54, 1.807) is 54.6 Å². The van der Waals surface area contributed by atoms with Crippen LogP contribution in [0.1, 0.15) is 29.3 Å². The third kappa shape index (κ3) is 10.5. The molecule has 15 heteroatoms. The Balaban J connectivity index is 1.56. The average Bonchev–Trinajstić information content (AvgIpc) is 3.07. The minimum absolute atomic E-state index is 0.132. The number of aliphatic carboxylic acids is 1. The lowest BCUT2D eigenvalue weighted by atomic mass is 10.00. The van der Waals surface area contributed by atoms with Crippen LogP contribution < -0.4 is 21.5 Å². The molecule has 0 aliphatic heterocycles. The smallest absolute Gasteiger partial charge is 0.411 e. The first kappa shape index (κ1) is 35.2. The van der Waals surface area contributed by atoms with Gasteiger partial charge >= 0.3 is 12.1 Å². The van der Waals surface area contributed by atoms with Crippen LogP contribution in [0.4, 0.5) is 16.2 Å². The Morgan fingerprint density at radius 1 is 1.04 bits per heavy atom. The van der Waals surface area contributed by atoms with E-state index >= 15 is 0 Å². The Hall–Kier alpha value is -5.63. The summed E-state index contributed by atoms with van der Waals surface area (Å²) >= 11 is 12.7. The number of ether oxygens (including phenoxy) is 1. The van der Waals surface area contributed by atoms with Crippen molar-refractivity contribution in [3.05, 3.63) is 112 Å². The molecule has 0 saturated heterocycles. The number of aromatic nitrogens is 2. The van der Waals surface area contributed by atoms with Crippen molar-refractivity contribution in [2.45, 2.75) is 18.9 Å². The number of nitrogens with two attached hydrogens (primary N) is 1. The molecule has 13 nitrogen and oxygen atoms in total. The molecule has 48 heavy (non-hydrogen) atoms. The molecule has 0 saturated carbocycles. The number of hydrazine groups is 1. The molecule has 5 N–H and O–H groups in total. The van der Waals surface area contributed by atoms with Crippen molar-refractivity contribution >= 4 is 71.7 Å². The van der Waals surface area contributed by atoms with Gasteiger partial charge in [0.25, 0.3) is 0 Å². The first-order valence-corrected chi connectivity index (χ1v) is 15.0. The van der Waals surface area contributed by atoms with Gasteiger partial charge in [-0.1, -0.05) is 65.7 Å². The molecule has 0 aliphatic rings. The molecule has 0 bridgehead atoms. The van der Waals surface area contributed by atoms with Crippen molar-refractivity contribution in [1.82, 2.24) is 15.5 Å². The molecule has 4 aromatic rings. The molecule has 0 aliphatic carbocycles. The molecule has 0 fully saturated rings. The van der Waals surface area contributed by atoms with Crippen LogP contribution in [0.2, 0.25) is 10.2 Å². The van der Waals surface area contributed by atoms with Gasteiger partial charge in [-0.05, 0) is 60.0 Å². The third-order valence-electron chi connectivity index (χ3n) is 6.65. The first-order valence-electron chi connectivity index (χ1n) is 14.3. The number of carbonyl (C=O) groups is 3. The predicted octanol–water partition coefficient (Wildman–Crippen LogP) is 5.91. The van der Waals surface area contributed by atoms with Crippen LogP contribution in [0.3, 0.4) is 0 Å². The molecule has 3 aromatic carbocycles. The van der Waals surface area contributed by atoms with Crippen molar-refractivity contribution < 1.29 is 24.2 Å². The normalized spacial score (nSPS) is 11.6. The summed E-state index contributed by atoms with van der Waals surface area (Å²) in [5, 5.41) is 31.6. The summed E-state index contributed by atoms with van der Waals surface area (Å²) in [5.41, 5.74) is 4.10. The summed E-state index contributed by atoms with van der Waals surface area (Å²) < 4.78 is 4.86. The molecule has 1 atom stereocenters. The fourth-order valence-corrected chi connectivity index (χ4v) is 4.78. The van der Waals surface area contributed by atoms with Gasteiger partial charge in [0, 0.05) is 34.6 Å². The van der Waals surface area contributed by atoms with Gasteiger partial charge in [0.1, 0.15) is 12.9 Å². The van der Waals surface area contributed by atoms with Crippen LogP contribution in [0, 0.1) is 0 Å². The van der Waals surface area contributed by atoms with Crippen molar-refractivity contribution in [3.8, 4) is 11.1 Å². The number of carboxylic acid groups (broad SMARTS) is 1. The lowest BCUT2D eigenvalue weighted by molar-refractivity contribution is -0.137. The fraction of sp³-hybridized carbons (Fsp3) is 0.121. The zero-order chi connectivity index (χ0) is 34.5. The van der Waals surface area contributed by atoms with E-state index in [-0.39, 0.29) is 18.2 Å². The summed E-state index contributed by atoms with van der Waals surface area (Å²) in [5.74, 6) is 4.57. The highest BCUT2D eigenvalue weighted by atomic mass is 35.5. The van der Waals surface area contributed by atoms with Gasteiger partial charge in [0.15, 0.2) is 5.15 Å². The van der Waals surface area contributed by atoms with E-state index < -0.39 is 24.0 Å². The monoisotopic (exact) mass is 688 g/mol. The Morgan fingerprint density at radius 3 is 2.50 bits per heavy atom. The maximum atomic E-state index is 13.3. The predicted molar refractivity (Wildman–Crippen MR) is 186 cm³/mol. The number of hydrogen-bond donors (Lipinski definition) is 4. The van der Waals surface area contributed by atoms with E-state index in [9.17, 15) is 14.4 Å². The average molecular weight is 690 g/mol. The van der Waals surface area contributed by atoms with Crippen LogP contribution in [-0.2, 0) is 20.7 Å². The van der Waals surface area contributed by atoms with E-state index in [4.69, 9.17) is 38.9 Å². The van der Waals surface area contributed by atoms with E-state index in [1.807, 2.05) is 30.3 Å². The number of benzene rings is 3. The lowest BCUT2D eigenvalue weighted by Gasteiger charge is -2.19. The highest BCUT2D eigenvalue weighted by molar-refractivity contribution is 6.32. The number of rotatable bonds is 14. The SMILES string of the molecule is C=N/N=C\N(N)c1ccc(Cl)cc1/C=C/C(=O)N[C@@H](Cc1ccccc1)c1cc(-c2ccc(NC(=O)OCCC(=O)O)cc2)c(Cl)nn1. The highest BCUT2D eigenvalue weighted by Crippen LogP contribution is 2.30. The van der Waals surface area contributed by atoms with Gasteiger partial charge in [0.2, 0.25) is 5.91 Å². The lowest BCUT2D eigenvalue weighted by Crippen LogP contribution is -2.30. The molecule has 0 spiro atoms. The number of nitrogens with one attached hydrogen (secondary N) is 2. The largest absolute Gasteiger partial charge is 0.481 e. The Bertz CT molecular complexity index is 1820. The van der Waals surface area contributed by atoms with Gasteiger partial charge in [-0.3, -0.25) is 19.9 Å². The molecule has 1 heterocycles. The van der Waals surface area contributed by atoms with Gasteiger partial charge in [-0.15, -0.1) is 10.2 Å². The molecule has 2 amide bonds. The molecular formula is C33H30Cl2N8O5. The minimum Gasteiger partial charge on any atom is -0.481 e. The zero-order valence-electron chi connectivity index (χ0n) is 25.3. The van der Waals surface area contributed by atoms with E-state index in [2.05, 4.69) is 37.8 Å². The van der Waals surface area contributed by atoms with E-state index in [0.29, 0.717) is 45.2 Å². The summed E-state index contributed by atoms with van der Waals surface area (Å²) in [6, 6.07) is 22.4. The molecule has 0 radical (unpaired) electrons. The Kier molecular flexibility index (Phi) is 12.7. The van der Waals surface area contributed by atoms with Gasteiger partial charge < -0.3 is 15.2 Å². The number of hydrogen-bond acceptors (Lipinski definition) is 9. The number of nitrogens with zero attached hydrogens (tertiary/aromatic N) is 5. The van der Waals surface area contributed by atoms with Crippen LogP contribution in [0.15, 0.2) is 95.1 Å². The molecule has 4 rings (SSSR count). The van der Waals surface area contributed by atoms with Crippen LogP contribution in [0.25, 0.3) is 17.2 Å². The van der Waals surface area contributed by atoms with Crippen LogP contribution in [0.5, 0.6) is 0 Å². The summed E-state index contributed by atoms with van der Waals surface area (Å²) in [7, 11) is 0. The van der Waals surface area contributed by atoms with Crippen molar-refractivity contribution in [1.29, 1.82) is 0 Å². The summed E-state index contributed by atoms with van der Waals surface area (Å²) in [4.78, 5) is 35.9. The molecule has 1 aromatic heterocycles. The van der Waals surface area contributed by atoms with E-state index in [1.165, 1.54) is 17.4 Å². The molecule has 246 valence electrons. The number of anilines is 2. The number of carbonyl (C=O) groups excluding carboxylic acids is 2. The standard InChI is InChI=1S/C33H30Cl2N8O5/c1-37-38-20-43(36)29-13-10-24(34)18-23(29)9-14-30(44)40-27(17-21-5-3-2-4-6-21)28-19-26(32(35)42-41-28)22-7-11-25(12-8-22)39-33(47)48-16-15-31(45)46/h2-14,18-20,27H,1,15-17,36H2,(H,39,47)(H,40,44)(H,45,46)/b14-9+,38-20-/t27-/m0/s1. The minimum atomic E-state index is -1.07. The topological polar surface area (TPSA) is 184 Å². The second kappa shape index (κ2) is 17.3. The van der Waals surface area contributed by atoms with Gasteiger partial charge in [-0.2, -0.15) is 10.2 Å². The first-order chi connectivity index (χ1) is 23.1. The quantitative estimate of drug-likeness (QED) is 0.0411. The maximum Gasteiger partial charge on any atom is 0.411 e. The fourth-order valence-electron chi connectivity index (χ4n) is 4.40. The van der Waals surface area contributed by atoms with Gasteiger partial charge in [0.05, 0.1) is 23.8 Å². The van der Waals surface area contributed by atoms with Gasteiger partial charge in [-0.25, -0.2) is 10.6 Å². The third-order valence-corrected chi connectivity index (χ3v) is 7.17. The molecular weight excluding hydrogens is 659 g/mol. The number of halogens is 2. The zero-order valence-corrected chi connectivity index (χ0v) is 26.8. The van der Waals surface area contributed by atoms with Crippen molar-refractivity contribution in [3.63, 3.8) is 0 Å². The number of carboxylic acids is 1. The maximum absolute atomic E-state index is 13.3. The second-order valence-corrected chi connectivity index (χ2v) is 10.8. The summed E-state index contributed by atoms with van der Waals surface area (Å²) in [6.45, 7) is 3.03. The van der Waals surface area contributed by atoms with E-state index in [0.717, 1.165) is 5.56 Å². The second-order valence-electron chi connectivity index (χ2n) is 10.0. The van der Waals surface area contributed by atoms with Crippen LogP contribution in [-0.4, -0.2) is 52.9 Å².